The lowest BCUT2D eigenvalue weighted by atomic mass is 10.3. The largest absolute Gasteiger partial charge is 0.375 e. The SMILES string of the molecule is CCN1CCN(c2ccnc(-c3nc(N)sc3C)n2)CC1.O=C=O. The third-order valence-electron chi connectivity index (χ3n) is 3.81. The quantitative estimate of drug-likeness (QED) is 0.877. The van der Waals surface area contributed by atoms with Gasteiger partial charge in [-0.15, -0.1) is 11.3 Å². The first-order valence-electron chi connectivity index (χ1n) is 7.62. The van der Waals surface area contributed by atoms with Gasteiger partial charge in [0.25, 0.3) is 0 Å². The Morgan fingerprint density at radius 2 is 1.92 bits per heavy atom. The van der Waals surface area contributed by atoms with Gasteiger partial charge >= 0.3 is 6.15 Å². The first-order valence-corrected chi connectivity index (χ1v) is 8.43. The van der Waals surface area contributed by atoms with E-state index in [1.807, 2.05) is 13.0 Å². The van der Waals surface area contributed by atoms with Crippen molar-refractivity contribution in [3.8, 4) is 11.5 Å². The standard InChI is InChI=1S/C14H20N6S.CO2/c1-3-19-6-8-20(9-7-19)11-4-5-16-13(17-11)12-10(2)21-14(15)18-12;2-1-3/h4-5H,3,6-9H2,1-2H3,(H2,15,18);. The molecule has 0 bridgehead atoms. The molecular formula is C15H20N6O2S. The number of aryl methyl sites for hydroxylation is 1. The fourth-order valence-electron chi connectivity index (χ4n) is 2.56. The van der Waals surface area contributed by atoms with Gasteiger partial charge in [-0.1, -0.05) is 6.92 Å². The number of carbonyl (C=O) groups excluding carboxylic acids is 2. The zero-order chi connectivity index (χ0) is 17.5. The minimum absolute atomic E-state index is 0.250. The summed E-state index contributed by atoms with van der Waals surface area (Å²) in [6.45, 7) is 9.48. The number of likely N-dealkylation sites (N-methyl/N-ethyl adjacent to an activating group) is 1. The number of nitrogens with zero attached hydrogens (tertiary/aromatic N) is 5. The van der Waals surface area contributed by atoms with Crippen LogP contribution in [0.1, 0.15) is 11.8 Å². The summed E-state index contributed by atoms with van der Waals surface area (Å²) in [6, 6.07) is 1.97. The van der Waals surface area contributed by atoms with E-state index in [4.69, 9.17) is 15.3 Å². The molecule has 0 aliphatic carbocycles. The monoisotopic (exact) mass is 348 g/mol. The summed E-state index contributed by atoms with van der Waals surface area (Å²) >= 11 is 1.48. The summed E-state index contributed by atoms with van der Waals surface area (Å²) in [6.07, 6.45) is 2.05. The minimum Gasteiger partial charge on any atom is -0.375 e. The number of hydrogen-bond acceptors (Lipinski definition) is 9. The van der Waals surface area contributed by atoms with Gasteiger partial charge in [-0.2, -0.15) is 9.59 Å². The van der Waals surface area contributed by atoms with E-state index in [0.29, 0.717) is 11.0 Å². The van der Waals surface area contributed by atoms with Gasteiger partial charge in [0.2, 0.25) is 0 Å². The van der Waals surface area contributed by atoms with E-state index >= 15 is 0 Å². The summed E-state index contributed by atoms with van der Waals surface area (Å²) in [5.74, 6) is 1.64. The van der Waals surface area contributed by atoms with Crippen molar-refractivity contribution in [1.29, 1.82) is 0 Å². The van der Waals surface area contributed by atoms with E-state index < -0.39 is 0 Å². The van der Waals surface area contributed by atoms with Crippen molar-refractivity contribution in [1.82, 2.24) is 19.9 Å². The molecule has 2 aromatic heterocycles. The second-order valence-corrected chi connectivity index (χ2v) is 6.43. The lowest BCUT2D eigenvalue weighted by Crippen LogP contribution is -2.46. The van der Waals surface area contributed by atoms with E-state index in [-0.39, 0.29) is 6.15 Å². The maximum atomic E-state index is 8.12. The van der Waals surface area contributed by atoms with Crippen molar-refractivity contribution < 1.29 is 9.59 Å². The smallest absolute Gasteiger partial charge is 0.373 e. The highest BCUT2D eigenvalue weighted by Crippen LogP contribution is 2.27. The summed E-state index contributed by atoms with van der Waals surface area (Å²) in [7, 11) is 0. The molecule has 24 heavy (non-hydrogen) atoms. The van der Waals surface area contributed by atoms with Crippen molar-refractivity contribution in [2.45, 2.75) is 13.8 Å². The molecule has 0 unspecified atom stereocenters. The van der Waals surface area contributed by atoms with E-state index in [0.717, 1.165) is 49.1 Å². The van der Waals surface area contributed by atoms with E-state index in [1.165, 1.54) is 11.3 Å². The van der Waals surface area contributed by atoms with Crippen LogP contribution in [-0.2, 0) is 9.59 Å². The normalized spacial score (nSPS) is 14.7. The van der Waals surface area contributed by atoms with Gasteiger partial charge in [-0.25, -0.2) is 15.0 Å². The molecular weight excluding hydrogens is 328 g/mol. The third-order valence-corrected chi connectivity index (χ3v) is 4.61. The second kappa shape index (κ2) is 8.49. The van der Waals surface area contributed by atoms with Crippen LogP contribution < -0.4 is 10.6 Å². The van der Waals surface area contributed by atoms with Crippen molar-refractivity contribution in [3.05, 3.63) is 17.1 Å². The molecule has 1 aliphatic rings. The van der Waals surface area contributed by atoms with Crippen molar-refractivity contribution >= 4 is 28.4 Å². The maximum Gasteiger partial charge on any atom is 0.373 e. The summed E-state index contributed by atoms with van der Waals surface area (Å²) in [5, 5.41) is 0.563. The van der Waals surface area contributed by atoms with Gasteiger partial charge < -0.3 is 15.5 Å². The number of nitrogen functional groups attached to an aromatic ring is 1. The lowest BCUT2D eigenvalue weighted by Gasteiger charge is -2.34. The Labute approximate surface area is 144 Å². The molecule has 1 saturated heterocycles. The lowest BCUT2D eigenvalue weighted by molar-refractivity contribution is -0.191. The Hall–Kier alpha value is -2.35. The molecule has 0 radical (unpaired) electrons. The summed E-state index contributed by atoms with van der Waals surface area (Å²) < 4.78 is 0. The van der Waals surface area contributed by atoms with Crippen LogP contribution >= 0.6 is 11.3 Å². The summed E-state index contributed by atoms with van der Waals surface area (Å²) in [5.41, 5.74) is 6.56. The number of thiazole rings is 1. The topological polar surface area (TPSA) is 105 Å². The predicted octanol–water partition coefficient (Wildman–Crippen LogP) is 1.05. The Kier molecular flexibility index (Phi) is 6.36. The van der Waals surface area contributed by atoms with Crippen LogP contribution in [0.2, 0.25) is 0 Å². The molecule has 9 heteroatoms. The number of nitrogens with two attached hydrogens (primary N) is 1. The molecule has 1 fully saturated rings. The van der Waals surface area contributed by atoms with E-state index in [2.05, 4.69) is 31.7 Å². The molecule has 3 rings (SSSR count). The van der Waals surface area contributed by atoms with E-state index in [9.17, 15) is 0 Å². The van der Waals surface area contributed by atoms with Crippen molar-refractivity contribution in [2.75, 3.05) is 43.4 Å². The predicted molar refractivity (Wildman–Crippen MR) is 91.6 cm³/mol. The van der Waals surface area contributed by atoms with Crippen molar-refractivity contribution in [3.63, 3.8) is 0 Å². The highest BCUT2D eigenvalue weighted by atomic mass is 32.1. The van der Waals surface area contributed by atoms with Crippen LogP contribution in [0.3, 0.4) is 0 Å². The number of rotatable bonds is 3. The van der Waals surface area contributed by atoms with Crippen LogP contribution in [0.4, 0.5) is 10.9 Å². The zero-order valence-corrected chi connectivity index (χ0v) is 14.5. The van der Waals surface area contributed by atoms with Gasteiger partial charge in [0, 0.05) is 37.3 Å². The van der Waals surface area contributed by atoms with Crippen LogP contribution in [0.25, 0.3) is 11.5 Å². The number of anilines is 2. The molecule has 0 atom stereocenters. The molecule has 0 aromatic carbocycles. The first-order chi connectivity index (χ1) is 11.6. The zero-order valence-electron chi connectivity index (χ0n) is 13.7. The van der Waals surface area contributed by atoms with Gasteiger partial charge in [-0.05, 0) is 19.5 Å². The van der Waals surface area contributed by atoms with Gasteiger partial charge in [-0.3, -0.25) is 0 Å². The third kappa shape index (κ3) is 4.35. The van der Waals surface area contributed by atoms with Crippen molar-refractivity contribution in [2.24, 2.45) is 0 Å². The Morgan fingerprint density at radius 3 is 2.46 bits per heavy atom. The van der Waals surface area contributed by atoms with Crippen LogP contribution in [-0.4, -0.2) is 58.7 Å². The average Bonchev–Trinajstić information content (AvgIpc) is 2.94. The molecule has 0 saturated carbocycles. The number of hydrogen-bond donors (Lipinski definition) is 1. The highest BCUT2D eigenvalue weighted by Gasteiger charge is 2.18. The molecule has 1 aliphatic heterocycles. The molecule has 2 aromatic rings. The minimum atomic E-state index is 0.250. The van der Waals surface area contributed by atoms with Gasteiger partial charge in [0.05, 0.1) is 0 Å². The molecule has 8 nitrogen and oxygen atoms in total. The Morgan fingerprint density at radius 1 is 1.25 bits per heavy atom. The highest BCUT2D eigenvalue weighted by molar-refractivity contribution is 7.15. The van der Waals surface area contributed by atoms with Crippen LogP contribution in [0.15, 0.2) is 12.3 Å². The van der Waals surface area contributed by atoms with E-state index in [1.54, 1.807) is 6.20 Å². The molecule has 2 N–H and O–H groups in total. The van der Waals surface area contributed by atoms with Crippen LogP contribution in [0, 0.1) is 6.92 Å². The fraction of sp³-hybridized carbons (Fsp3) is 0.467. The number of piperazine rings is 1. The molecule has 128 valence electrons. The average molecular weight is 348 g/mol. The van der Waals surface area contributed by atoms with Gasteiger partial charge in [0.1, 0.15) is 11.5 Å². The van der Waals surface area contributed by atoms with Gasteiger partial charge in [0.15, 0.2) is 11.0 Å². The van der Waals surface area contributed by atoms with Crippen LogP contribution in [0.5, 0.6) is 0 Å². The molecule has 0 amide bonds. The Balaban J connectivity index is 0.000000647. The molecule has 3 heterocycles. The maximum absolute atomic E-state index is 8.12. The second-order valence-electron chi connectivity index (χ2n) is 5.20. The first kappa shape index (κ1) is 18.0. The fourth-order valence-corrected chi connectivity index (χ4v) is 3.24. The molecule has 0 spiro atoms. The Bertz CT molecular complexity index is 706. The number of aromatic nitrogens is 3. The summed E-state index contributed by atoms with van der Waals surface area (Å²) in [4.78, 5) is 35.4.